The molecule has 0 aromatic carbocycles. The molecule has 0 saturated heterocycles. The summed E-state index contributed by atoms with van der Waals surface area (Å²) in [5.41, 5.74) is 0.544. The van der Waals surface area contributed by atoms with E-state index in [-0.39, 0.29) is 5.91 Å². The number of nitriles is 1. The van der Waals surface area contributed by atoms with Crippen molar-refractivity contribution in [2.75, 3.05) is 6.54 Å². The minimum atomic E-state index is -0.0397. The van der Waals surface area contributed by atoms with E-state index in [1.807, 2.05) is 13.0 Å². The fourth-order valence-electron chi connectivity index (χ4n) is 0.667. The third kappa shape index (κ3) is 3.41. The highest BCUT2D eigenvalue weighted by Gasteiger charge is 2.01. The van der Waals surface area contributed by atoms with Crippen molar-refractivity contribution in [2.24, 2.45) is 0 Å². The van der Waals surface area contributed by atoms with Crippen LogP contribution in [0.4, 0.5) is 0 Å². The van der Waals surface area contributed by atoms with Gasteiger partial charge in [0, 0.05) is 25.2 Å². The maximum absolute atomic E-state index is 10.8. The van der Waals surface area contributed by atoms with Gasteiger partial charge < -0.3 is 4.90 Å². The zero-order chi connectivity index (χ0) is 8.85. The van der Waals surface area contributed by atoms with E-state index in [1.54, 1.807) is 13.1 Å². The van der Waals surface area contributed by atoms with Crippen LogP contribution in [0.5, 0.6) is 0 Å². The van der Waals surface area contributed by atoms with Gasteiger partial charge in [-0.15, -0.1) is 0 Å². The van der Waals surface area contributed by atoms with Crippen LogP contribution in [-0.4, -0.2) is 17.4 Å². The largest absolute Gasteiger partial charge is 0.319 e. The summed E-state index contributed by atoms with van der Waals surface area (Å²) in [4.78, 5) is 12.3. The molecule has 0 aromatic heterocycles. The van der Waals surface area contributed by atoms with Crippen LogP contribution in [0.2, 0.25) is 0 Å². The van der Waals surface area contributed by atoms with Gasteiger partial charge in [-0.2, -0.15) is 5.26 Å². The predicted molar refractivity (Wildman–Crippen MR) is 42.4 cm³/mol. The number of allylic oxidation sites excluding steroid dienone is 1. The normalized spacial score (nSPS) is 10.5. The first-order chi connectivity index (χ1) is 5.11. The second-order valence-corrected chi connectivity index (χ2v) is 2.23. The lowest BCUT2D eigenvalue weighted by Crippen LogP contribution is -2.22. The summed E-state index contributed by atoms with van der Waals surface area (Å²) in [7, 11) is 0. The highest BCUT2D eigenvalue weighted by Crippen LogP contribution is 1.96. The molecular formula is C8H12N2O. The molecule has 3 heteroatoms. The molecule has 1 amide bonds. The van der Waals surface area contributed by atoms with Crippen molar-refractivity contribution in [1.29, 1.82) is 5.26 Å². The van der Waals surface area contributed by atoms with E-state index in [9.17, 15) is 4.79 Å². The zero-order valence-corrected chi connectivity index (χ0v) is 7.09. The molecule has 0 bridgehead atoms. The third-order valence-electron chi connectivity index (χ3n) is 1.27. The van der Waals surface area contributed by atoms with Crippen molar-refractivity contribution in [3.8, 4) is 6.07 Å². The van der Waals surface area contributed by atoms with Gasteiger partial charge in [0.15, 0.2) is 0 Å². The summed E-state index contributed by atoms with van der Waals surface area (Å²) in [5, 5.41) is 8.40. The Balaban J connectivity index is 4.32. The quantitative estimate of drug-likeness (QED) is 0.559. The average Bonchev–Trinajstić information content (AvgIpc) is 1.99. The van der Waals surface area contributed by atoms with Crippen molar-refractivity contribution in [3.63, 3.8) is 0 Å². The maximum Gasteiger partial charge on any atom is 0.223 e. The van der Waals surface area contributed by atoms with Crippen molar-refractivity contribution < 1.29 is 4.79 Å². The molecule has 60 valence electrons. The first-order valence-electron chi connectivity index (χ1n) is 3.47. The Morgan fingerprint density at radius 2 is 2.18 bits per heavy atom. The van der Waals surface area contributed by atoms with Gasteiger partial charge in [0.25, 0.3) is 0 Å². The molecule has 0 saturated carbocycles. The Kier molecular flexibility index (Phi) is 3.97. The minimum Gasteiger partial charge on any atom is -0.319 e. The number of hydrogen-bond donors (Lipinski definition) is 0. The lowest BCUT2D eigenvalue weighted by atomic mass is 10.3. The van der Waals surface area contributed by atoms with Gasteiger partial charge in [-0.25, -0.2) is 0 Å². The van der Waals surface area contributed by atoms with Crippen LogP contribution in [0, 0.1) is 11.3 Å². The van der Waals surface area contributed by atoms with Gasteiger partial charge in [-0.05, 0) is 13.8 Å². The summed E-state index contributed by atoms with van der Waals surface area (Å²) in [6.45, 7) is 5.62. The Morgan fingerprint density at radius 1 is 1.64 bits per heavy atom. The van der Waals surface area contributed by atoms with Gasteiger partial charge in [-0.1, -0.05) is 0 Å². The van der Waals surface area contributed by atoms with Crippen LogP contribution in [0.15, 0.2) is 11.8 Å². The first kappa shape index (κ1) is 9.70. The molecule has 0 aliphatic rings. The van der Waals surface area contributed by atoms with Crippen molar-refractivity contribution >= 4 is 5.91 Å². The van der Waals surface area contributed by atoms with Crippen molar-refractivity contribution in [3.05, 3.63) is 11.8 Å². The van der Waals surface area contributed by atoms with E-state index in [2.05, 4.69) is 0 Å². The SMILES string of the molecule is CCN(C=C(C)C#N)C(C)=O. The van der Waals surface area contributed by atoms with Crippen LogP contribution in [0.25, 0.3) is 0 Å². The van der Waals surface area contributed by atoms with E-state index >= 15 is 0 Å². The van der Waals surface area contributed by atoms with Crippen LogP contribution >= 0.6 is 0 Å². The fraction of sp³-hybridized carbons (Fsp3) is 0.500. The number of carbonyl (C=O) groups is 1. The number of nitrogens with zero attached hydrogens (tertiary/aromatic N) is 2. The Hall–Kier alpha value is -1.30. The monoisotopic (exact) mass is 152 g/mol. The van der Waals surface area contributed by atoms with Crippen molar-refractivity contribution in [1.82, 2.24) is 4.90 Å². The highest BCUT2D eigenvalue weighted by atomic mass is 16.2. The smallest absolute Gasteiger partial charge is 0.223 e. The molecule has 0 aromatic rings. The molecule has 0 aliphatic carbocycles. The predicted octanol–water partition coefficient (Wildman–Crippen LogP) is 1.28. The average molecular weight is 152 g/mol. The van der Waals surface area contributed by atoms with Crippen molar-refractivity contribution in [2.45, 2.75) is 20.8 Å². The minimum absolute atomic E-state index is 0.0397. The standard InChI is InChI=1S/C8H12N2O/c1-4-10(8(3)11)6-7(2)5-9/h6H,4H2,1-3H3. The number of carbonyl (C=O) groups excluding carboxylic acids is 1. The third-order valence-corrected chi connectivity index (χ3v) is 1.27. The fourth-order valence-corrected chi connectivity index (χ4v) is 0.667. The summed E-state index contributed by atoms with van der Waals surface area (Å²) in [6.07, 6.45) is 1.56. The lowest BCUT2D eigenvalue weighted by molar-refractivity contribution is -0.126. The molecule has 0 heterocycles. The van der Waals surface area contributed by atoms with E-state index in [1.165, 1.54) is 11.8 Å². The molecule has 0 fully saturated rings. The number of amides is 1. The highest BCUT2D eigenvalue weighted by molar-refractivity contribution is 5.74. The first-order valence-corrected chi connectivity index (χ1v) is 3.47. The Labute approximate surface area is 66.9 Å². The maximum atomic E-state index is 10.8. The molecule has 3 nitrogen and oxygen atoms in total. The molecular weight excluding hydrogens is 140 g/mol. The van der Waals surface area contributed by atoms with E-state index < -0.39 is 0 Å². The van der Waals surface area contributed by atoms with Gasteiger partial charge in [0.1, 0.15) is 0 Å². The van der Waals surface area contributed by atoms with Gasteiger partial charge in [-0.3, -0.25) is 4.79 Å². The van der Waals surface area contributed by atoms with Gasteiger partial charge in [0.2, 0.25) is 5.91 Å². The molecule has 0 radical (unpaired) electrons. The summed E-state index contributed by atoms with van der Waals surface area (Å²) in [6, 6.07) is 1.95. The summed E-state index contributed by atoms with van der Waals surface area (Å²) >= 11 is 0. The van der Waals surface area contributed by atoms with Crippen LogP contribution in [0.3, 0.4) is 0 Å². The zero-order valence-electron chi connectivity index (χ0n) is 7.09. The lowest BCUT2D eigenvalue weighted by Gasteiger charge is -2.12. The molecule has 0 atom stereocenters. The second-order valence-electron chi connectivity index (χ2n) is 2.23. The Morgan fingerprint density at radius 3 is 2.45 bits per heavy atom. The topological polar surface area (TPSA) is 44.1 Å². The molecule has 0 N–H and O–H groups in total. The van der Waals surface area contributed by atoms with Crippen LogP contribution < -0.4 is 0 Å². The second kappa shape index (κ2) is 4.51. The molecule has 0 rings (SSSR count). The van der Waals surface area contributed by atoms with Gasteiger partial charge >= 0.3 is 0 Å². The molecule has 0 aliphatic heterocycles. The summed E-state index contributed by atoms with van der Waals surface area (Å²) < 4.78 is 0. The van der Waals surface area contributed by atoms with E-state index in [0.717, 1.165) is 0 Å². The molecule has 11 heavy (non-hydrogen) atoms. The summed E-state index contributed by atoms with van der Waals surface area (Å²) in [5.74, 6) is -0.0397. The molecule has 0 spiro atoms. The number of hydrogen-bond acceptors (Lipinski definition) is 2. The molecule has 0 unspecified atom stereocenters. The van der Waals surface area contributed by atoms with Gasteiger partial charge in [0.05, 0.1) is 6.07 Å². The Bertz CT molecular complexity index is 213. The van der Waals surface area contributed by atoms with Crippen LogP contribution in [-0.2, 0) is 4.79 Å². The van der Waals surface area contributed by atoms with E-state index in [0.29, 0.717) is 12.1 Å². The van der Waals surface area contributed by atoms with E-state index in [4.69, 9.17) is 5.26 Å². The van der Waals surface area contributed by atoms with Crippen LogP contribution in [0.1, 0.15) is 20.8 Å². The number of rotatable bonds is 2.